The first-order valence-corrected chi connectivity index (χ1v) is 4.86. The van der Waals surface area contributed by atoms with Gasteiger partial charge in [-0.2, -0.15) is 0 Å². The zero-order chi connectivity index (χ0) is 10.8. The van der Waals surface area contributed by atoms with Crippen LogP contribution in [0.25, 0.3) is 0 Å². The minimum absolute atomic E-state index is 0.376. The summed E-state index contributed by atoms with van der Waals surface area (Å²) < 4.78 is 5.25. The molecule has 2 aromatic rings. The molecule has 0 aliphatic rings. The third kappa shape index (κ3) is 2.00. The second-order valence-corrected chi connectivity index (χ2v) is 3.57. The van der Waals surface area contributed by atoms with Gasteiger partial charge in [-0.3, -0.25) is 0 Å². The van der Waals surface area contributed by atoms with Gasteiger partial charge in [-0.05, 0) is 11.6 Å². The van der Waals surface area contributed by atoms with Gasteiger partial charge in [0, 0.05) is 11.9 Å². The fraction of sp³-hybridized carbons (Fsp3) is 0.200. The van der Waals surface area contributed by atoms with E-state index in [9.17, 15) is 0 Å². The lowest BCUT2D eigenvalue weighted by atomic mass is 10.1. The molecule has 0 aliphatic heterocycles. The van der Waals surface area contributed by atoms with Crippen molar-refractivity contribution in [3.8, 4) is 0 Å². The van der Waals surface area contributed by atoms with Crippen LogP contribution < -0.4 is 5.73 Å². The van der Waals surface area contributed by atoms with Crippen molar-refractivity contribution in [2.24, 2.45) is 5.73 Å². The molecule has 1 heterocycles. The Labute approximate surface area is 92.1 Å². The van der Waals surface area contributed by atoms with Crippen LogP contribution in [0.3, 0.4) is 0 Å². The van der Waals surface area contributed by atoms with Crippen LogP contribution in [0.5, 0.6) is 0 Å². The quantitative estimate of drug-likeness (QED) is 0.847. The predicted molar refractivity (Wildman–Crippen MR) is 56.5 cm³/mol. The Morgan fingerprint density at radius 1 is 1.33 bits per heavy atom. The highest BCUT2D eigenvalue weighted by molar-refractivity contribution is 6.31. The second-order valence-electron chi connectivity index (χ2n) is 3.16. The lowest BCUT2D eigenvalue weighted by Gasteiger charge is -2.08. The molecule has 0 bridgehead atoms. The largest absolute Gasteiger partial charge is 0.424 e. The van der Waals surface area contributed by atoms with Crippen molar-refractivity contribution in [2.75, 3.05) is 0 Å². The number of benzene rings is 1. The maximum atomic E-state index is 6.01. The molecular formula is C10H10ClN3O. The zero-order valence-corrected chi connectivity index (χ0v) is 8.90. The SMILES string of the molecule is Cc1nnc(C(N)c2ccccc2Cl)o1. The van der Waals surface area contributed by atoms with Gasteiger partial charge in [0.1, 0.15) is 6.04 Å². The first-order valence-electron chi connectivity index (χ1n) is 4.48. The van der Waals surface area contributed by atoms with E-state index >= 15 is 0 Å². The highest BCUT2D eigenvalue weighted by atomic mass is 35.5. The lowest BCUT2D eigenvalue weighted by molar-refractivity contribution is 0.450. The maximum Gasteiger partial charge on any atom is 0.237 e. The second kappa shape index (κ2) is 4.00. The summed E-state index contributed by atoms with van der Waals surface area (Å²) in [6, 6.07) is 6.86. The fourth-order valence-electron chi connectivity index (χ4n) is 1.30. The Kier molecular flexibility index (Phi) is 2.70. The van der Waals surface area contributed by atoms with Crippen LogP contribution in [0, 0.1) is 6.92 Å². The van der Waals surface area contributed by atoms with Crippen LogP contribution in [-0.4, -0.2) is 10.2 Å². The summed E-state index contributed by atoms with van der Waals surface area (Å²) in [6.07, 6.45) is 0. The average Bonchev–Trinajstić information content (AvgIpc) is 2.65. The molecule has 1 aromatic heterocycles. The van der Waals surface area contributed by atoms with E-state index < -0.39 is 6.04 Å². The molecule has 1 aromatic carbocycles. The van der Waals surface area contributed by atoms with Crippen molar-refractivity contribution in [1.82, 2.24) is 10.2 Å². The van der Waals surface area contributed by atoms with Gasteiger partial charge in [-0.1, -0.05) is 29.8 Å². The van der Waals surface area contributed by atoms with Crippen LogP contribution in [0.1, 0.15) is 23.4 Å². The van der Waals surface area contributed by atoms with Crippen molar-refractivity contribution in [1.29, 1.82) is 0 Å². The molecule has 0 spiro atoms. The van der Waals surface area contributed by atoms with Gasteiger partial charge in [-0.25, -0.2) is 0 Å². The van der Waals surface area contributed by atoms with Gasteiger partial charge < -0.3 is 10.2 Å². The van der Waals surface area contributed by atoms with E-state index in [-0.39, 0.29) is 0 Å². The van der Waals surface area contributed by atoms with Crippen LogP contribution in [-0.2, 0) is 0 Å². The molecule has 0 radical (unpaired) electrons. The number of aromatic nitrogens is 2. The number of nitrogens with zero attached hydrogens (tertiary/aromatic N) is 2. The Bertz CT molecular complexity index is 469. The topological polar surface area (TPSA) is 64.9 Å². The third-order valence-corrected chi connectivity index (χ3v) is 2.39. The van der Waals surface area contributed by atoms with Crippen LogP contribution in [0.4, 0.5) is 0 Å². The molecular weight excluding hydrogens is 214 g/mol. The number of aryl methyl sites for hydroxylation is 1. The molecule has 0 amide bonds. The summed E-state index contributed by atoms with van der Waals surface area (Å²) in [4.78, 5) is 0. The van der Waals surface area contributed by atoms with Crippen molar-refractivity contribution < 1.29 is 4.42 Å². The molecule has 0 saturated heterocycles. The molecule has 4 nitrogen and oxygen atoms in total. The molecule has 1 unspecified atom stereocenters. The number of hydrogen-bond acceptors (Lipinski definition) is 4. The minimum Gasteiger partial charge on any atom is -0.424 e. The van der Waals surface area contributed by atoms with Crippen molar-refractivity contribution in [2.45, 2.75) is 13.0 Å². The number of halogens is 1. The van der Waals surface area contributed by atoms with E-state index in [1.807, 2.05) is 18.2 Å². The van der Waals surface area contributed by atoms with Gasteiger partial charge >= 0.3 is 0 Å². The van der Waals surface area contributed by atoms with Crippen LogP contribution in [0.15, 0.2) is 28.7 Å². The first kappa shape index (κ1) is 10.1. The lowest BCUT2D eigenvalue weighted by Crippen LogP contribution is -2.12. The van der Waals surface area contributed by atoms with Gasteiger partial charge in [0.05, 0.1) is 0 Å². The molecule has 5 heteroatoms. The third-order valence-electron chi connectivity index (χ3n) is 2.05. The Hall–Kier alpha value is -1.39. The number of nitrogens with two attached hydrogens (primary N) is 1. The number of rotatable bonds is 2. The smallest absolute Gasteiger partial charge is 0.237 e. The first-order chi connectivity index (χ1) is 7.18. The Balaban J connectivity index is 2.36. The van der Waals surface area contributed by atoms with Crippen LogP contribution in [0.2, 0.25) is 5.02 Å². The maximum absolute atomic E-state index is 6.01. The molecule has 0 saturated carbocycles. The summed E-state index contributed by atoms with van der Waals surface area (Å²) in [5, 5.41) is 8.18. The van der Waals surface area contributed by atoms with Crippen molar-refractivity contribution >= 4 is 11.6 Å². The molecule has 1 atom stereocenters. The molecule has 0 aliphatic carbocycles. The molecule has 78 valence electrons. The summed E-state index contributed by atoms with van der Waals surface area (Å²) in [5.74, 6) is 0.869. The summed E-state index contributed by atoms with van der Waals surface area (Å²) in [6.45, 7) is 1.72. The van der Waals surface area contributed by atoms with Gasteiger partial charge in [-0.15, -0.1) is 10.2 Å². The van der Waals surface area contributed by atoms with Gasteiger partial charge in [0.15, 0.2) is 0 Å². The van der Waals surface area contributed by atoms with E-state index in [0.29, 0.717) is 16.8 Å². The molecule has 2 N–H and O–H groups in total. The van der Waals surface area contributed by atoms with Crippen molar-refractivity contribution in [3.63, 3.8) is 0 Å². The summed E-state index contributed by atoms with van der Waals surface area (Å²) in [7, 11) is 0. The fourth-order valence-corrected chi connectivity index (χ4v) is 1.55. The molecule has 15 heavy (non-hydrogen) atoms. The van der Waals surface area contributed by atoms with Gasteiger partial charge in [0.2, 0.25) is 11.8 Å². The highest BCUT2D eigenvalue weighted by Gasteiger charge is 2.17. The highest BCUT2D eigenvalue weighted by Crippen LogP contribution is 2.25. The standard InChI is InChI=1S/C10H10ClN3O/c1-6-13-14-10(15-6)9(12)7-4-2-3-5-8(7)11/h2-5,9H,12H2,1H3. The van der Waals surface area contributed by atoms with Crippen molar-refractivity contribution in [3.05, 3.63) is 46.6 Å². The molecule has 2 rings (SSSR count). The van der Waals surface area contributed by atoms with E-state index in [1.165, 1.54) is 0 Å². The Morgan fingerprint density at radius 2 is 2.07 bits per heavy atom. The van der Waals surface area contributed by atoms with Gasteiger partial charge in [0.25, 0.3) is 0 Å². The van der Waals surface area contributed by atoms with E-state index in [0.717, 1.165) is 5.56 Å². The number of hydrogen-bond donors (Lipinski definition) is 1. The minimum atomic E-state index is -0.472. The monoisotopic (exact) mass is 223 g/mol. The van der Waals surface area contributed by atoms with E-state index in [4.69, 9.17) is 21.8 Å². The van der Waals surface area contributed by atoms with E-state index in [1.54, 1.807) is 13.0 Å². The van der Waals surface area contributed by atoms with E-state index in [2.05, 4.69) is 10.2 Å². The summed E-state index contributed by atoms with van der Waals surface area (Å²) >= 11 is 6.01. The summed E-state index contributed by atoms with van der Waals surface area (Å²) in [5.41, 5.74) is 6.73. The average molecular weight is 224 g/mol. The normalized spacial score (nSPS) is 12.7. The van der Waals surface area contributed by atoms with Crippen LogP contribution >= 0.6 is 11.6 Å². The molecule has 0 fully saturated rings. The zero-order valence-electron chi connectivity index (χ0n) is 8.14. The predicted octanol–water partition coefficient (Wildman–Crippen LogP) is 2.08. The Morgan fingerprint density at radius 3 is 2.67 bits per heavy atom.